The molecule has 0 aliphatic rings. The summed E-state index contributed by atoms with van der Waals surface area (Å²) in [5.41, 5.74) is 2.79. The minimum absolute atomic E-state index is 0.147. The van der Waals surface area contributed by atoms with Crippen molar-refractivity contribution in [2.24, 2.45) is 0 Å². The lowest BCUT2D eigenvalue weighted by Gasteiger charge is -2.20. The van der Waals surface area contributed by atoms with Gasteiger partial charge in [-0.15, -0.1) is 0 Å². The number of hydrogen-bond acceptors (Lipinski definition) is 6. The molecular weight excluding hydrogens is 384 g/mol. The molecule has 2 rings (SSSR count). The van der Waals surface area contributed by atoms with Crippen molar-refractivity contribution in [3.05, 3.63) is 47.3 Å². The van der Waals surface area contributed by atoms with Crippen LogP contribution in [-0.4, -0.2) is 48.1 Å². The molecule has 0 radical (unpaired) electrons. The SMILES string of the molecule is COc1ccc(-n2c(C)cc(C(=O)OCC(=O)N(CCC#N)CCC#N)c2C)cc1. The van der Waals surface area contributed by atoms with E-state index >= 15 is 0 Å². The molecular formula is C22H24N4O4. The third-order valence-corrected chi connectivity index (χ3v) is 4.65. The molecule has 156 valence electrons. The van der Waals surface area contributed by atoms with Crippen LogP contribution in [0, 0.1) is 36.5 Å². The molecule has 2 aromatic rings. The third kappa shape index (κ3) is 5.39. The summed E-state index contributed by atoms with van der Waals surface area (Å²) in [6.07, 6.45) is 0.294. The second-order valence-corrected chi connectivity index (χ2v) is 6.59. The van der Waals surface area contributed by atoms with Crippen LogP contribution in [0.15, 0.2) is 30.3 Å². The highest BCUT2D eigenvalue weighted by Crippen LogP contribution is 2.23. The largest absolute Gasteiger partial charge is 0.497 e. The van der Waals surface area contributed by atoms with Gasteiger partial charge in [0.25, 0.3) is 5.91 Å². The molecule has 8 heteroatoms. The van der Waals surface area contributed by atoms with Gasteiger partial charge in [-0.25, -0.2) is 4.79 Å². The highest BCUT2D eigenvalue weighted by Gasteiger charge is 2.20. The number of rotatable bonds is 9. The first-order valence-corrected chi connectivity index (χ1v) is 9.45. The molecule has 0 saturated heterocycles. The van der Waals surface area contributed by atoms with E-state index in [-0.39, 0.29) is 25.9 Å². The topological polar surface area (TPSA) is 108 Å². The molecule has 8 nitrogen and oxygen atoms in total. The lowest BCUT2D eigenvalue weighted by molar-refractivity contribution is -0.134. The Morgan fingerprint density at radius 2 is 1.67 bits per heavy atom. The van der Waals surface area contributed by atoms with Gasteiger partial charge in [0.05, 0.1) is 37.7 Å². The molecule has 1 heterocycles. The lowest BCUT2D eigenvalue weighted by atomic mass is 10.2. The average Bonchev–Trinajstić information content (AvgIpc) is 3.06. The van der Waals surface area contributed by atoms with Gasteiger partial charge in [-0.2, -0.15) is 10.5 Å². The molecule has 0 aliphatic carbocycles. The van der Waals surface area contributed by atoms with Crippen molar-refractivity contribution in [3.63, 3.8) is 0 Å². The number of amides is 1. The highest BCUT2D eigenvalue weighted by atomic mass is 16.5. The van der Waals surface area contributed by atoms with Crippen molar-refractivity contribution in [2.45, 2.75) is 26.7 Å². The van der Waals surface area contributed by atoms with E-state index in [1.165, 1.54) is 4.90 Å². The standard InChI is InChI=1S/C22H24N4O4/c1-16-14-20(17(2)26(16)18-6-8-19(29-3)9-7-18)22(28)30-15-21(27)25(12-4-10-23)13-5-11-24/h6-9,14H,4-5,12-13,15H2,1-3H3. The second kappa shape index (κ2) is 10.7. The molecule has 30 heavy (non-hydrogen) atoms. The molecule has 0 aliphatic heterocycles. The molecule has 0 bridgehead atoms. The summed E-state index contributed by atoms with van der Waals surface area (Å²) in [5, 5.41) is 17.4. The Hall–Kier alpha value is -3.78. The summed E-state index contributed by atoms with van der Waals surface area (Å²) < 4.78 is 12.3. The number of methoxy groups -OCH3 is 1. The molecule has 0 fully saturated rings. The second-order valence-electron chi connectivity index (χ2n) is 6.59. The summed E-state index contributed by atoms with van der Waals surface area (Å²) in [7, 11) is 1.60. The fourth-order valence-electron chi connectivity index (χ4n) is 3.13. The van der Waals surface area contributed by atoms with E-state index in [0.717, 1.165) is 17.1 Å². The van der Waals surface area contributed by atoms with Crippen molar-refractivity contribution < 1.29 is 19.1 Å². The van der Waals surface area contributed by atoms with E-state index in [4.69, 9.17) is 20.0 Å². The van der Waals surface area contributed by atoms with E-state index in [0.29, 0.717) is 11.3 Å². The molecule has 1 aromatic carbocycles. The Labute approximate surface area is 175 Å². The predicted octanol–water partition coefficient (Wildman–Crippen LogP) is 2.92. The number of aryl methyl sites for hydroxylation is 1. The van der Waals surface area contributed by atoms with Crippen LogP contribution in [0.25, 0.3) is 5.69 Å². The zero-order valence-electron chi connectivity index (χ0n) is 17.3. The average molecular weight is 408 g/mol. The number of hydrogen-bond donors (Lipinski definition) is 0. The van der Waals surface area contributed by atoms with Gasteiger partial charge in [0, 0.05) is 30.2 Å². The van der Waals surface area contributed by atoms with Crippen LogP contribution < -0.4 is 4.74 Å². The van der Waals surface area contributed by atoms with Crippen molar-refractivity contribution in [2.75, 3.05) is 26.8 Å². The van der Waals surface area contributed by atoms with E-state index < -0.39 is 18.5 Å². The Balaban J connectivity index is 2.11. The first-order valence-electron chi connectivity index (χ1n) is 9.45. The maximum absolute atomic E-state index is 12.6. The van der Waals surface area contributed by atoms with Crippen molar-refractivity contribution >= 4 is 11.9 Å². The van der Waals surface area contributed by atoms with Gasteiger partial charge in [0.2, 0.25) is 0 Å². The normalized spacial score (nSPS) is 10.0. The number of nitrogens with zero attached hydrogens (tertiary/aromatic N) is 4. The first kappa shape index (κ1) is 22.5. The van der Waals surface area contributed by atoms with Crippen LogP contribution in [0.2, 0.25) is 0 Å². The van der Waals surface area contributed by atoms with Crippen LogP contribution >= 0.6 is 0 Å². The number of ether oxygens (including phenoxy) is 2. The zero-order valence-corrected chi connectivity index (χ0v) is 17.3. The Kier molecular flexibility index (Phi) is 8.01. The summed E-state index contributed by atoms with van der Waals surface area (Å²) in [6.45, 7) is 3.63. The lowest BCUT2D eigenvalue weighted by Crippen LogP contribution is -2.36. The van der Waals surface area contributed by atoms with Crippen LogP contribution in [-0.2, 0) is 9.53 Å². The quantitative estimate of drug-likeness (QED) is 0.590. The number of nitriles is 2. The highest BCUT2D eigenvalue weighted by molar-refractivity contribution is 5.93. The number of carbonyl (C=O) groups excluding carboxylic acids is 2. The summed E-state index contributed by atoms with van der Waals surface area (Å²) in [4.78, 5) is 26.3. The van der Waals surface area contributed by atoms with E-state index in [9.17, 15) is 9.59 Å². The van der Waals surface area contributed by atoms with Crippen molar-refractivity contribution in [3.8, 4) is 23.6 Å². The number of benzene rings is 1. The van der Waals surface area contributed by atoms with Crippen LogP contribution in [0.3, 0.4) is 0 Å². The monoisotopic (exact) mass is 408 g/mol. The van der Waals surface area contributed by atoms with Crippen LogP contribution in [0.4, 0.5) is 0 Å². The minimum Gasteiger partial charge on any atom is -0.497 e. The maximum Gasteiger partial charge on any atom is 0.340 e. The molecule has 0 spiro atoms. The molecule has 0 unspecified atom stereocenters. The van der Waals surface area contributed by atoms with Crippen LogP contribution in [0.1, 0.15) is 34.6 Å². The summed E-state index contributed by atoms with van der Waals surface area (Å²) in [6, 6.07) is 13.1. The Morgan fingerprint density at radius 1 is 1.07 bits per heavy atom. The third-order valence-electron chi connectivity index (χ3n) is 4.65. The van der Waals surface area contributed by atoms with Gasteiger partial charge in [-0.1, -0.05) is 0 Å². The minimum atomic E-state index is -0.600. The first-order chi connectivity index (χ1) is 14.4. The predicted molar refractivity (Wildman–Crippen MR) is 109 cm³/mol. The summed E-state index contributed by atoms with van der Waals surface area (Å²) >= 11 is 0. The summed E-state index contributed by atoms with van der Waals surface area (Å²) in [5.74, 6) is -0.300. The van der Waals surface area contributed by atoms with E-state index in [1.54, 1.807) is 13.2 Å². The maximum atomic E-state index is 12.6. The van der Waals surface area contributed by atoms with Crippen molar-refractivity contribution in [1.82, 2.24) is 9.47 Å². The molecule has 0 saturated carbocycles. The van der Waals surface area contributed by atoms with Gasteiger partial charge in [-0.05, 0) is 44.2 Å². The van der Waals surface area contributed by atoms with Crippen molar-refractivity contribution in [1.29, 1.82) is 10.5 Å². The zero-order chi connectivity index (χ0) is 22.1. The van der Waals surface area contributed by atoms with Gasteiger partial charge in [0.15, 0.2) is 6.61 Å². The number of aromatic nitrogens is 1. The van der Waals surface area contributed by atoms with Gasteiger partial charge >= 0.3 is 5.97 Å². The van der Waals surface area contributed by atoms with Gasteiger partial charge in [0.1, 0.15) is 5.75 Å². The number of carbonyl (C=O) groups is 2. The smallest absolute Gasteiger partial charge is 0.340 e. The van der Waals surface area contributed by atoms with Crippen LogP contribution in [0.5, 0.6) is 5.75 Å². The van der Waals surface area contributed by atoms with E-state index in [2.05, 4.69) is 0 Å². The van der Waals surface area contributed by atoms with Gasteiger partial charge < -0.3 is 18.9 Å². The Morgan fingerprint density at radius 3 is 2.20 bits per heavy atom. The molecule has 1 aromatic heterocycles. The fourth-order valence-corrected chi connectivity index (χ4v) is 3.13. The molecule has 0 N–H and O–H groups in total. The molecule has 0 atom stereocenters. The van der Waals surface area contributed by atoms with Gasteiger partial charge in [-0.3, -0.25) is 4.79 Å². The fraction of sp³-hybridized carbons (Fsp3) is 0.364. The number of esters is 1. The van der Waals surface area contributed by atoms with E-state index in [1.807, 2.05) is 54.8 Å². The molecule has 1 amide bonds. The Bertz CT molecular complexity index is 962.